The van der Waals surface area contributed by atoms with E-state index in [2.05, 4.69) is 5.10 Å². The van der Waals surface area contributed by atoms with E-state index in [4.69, 9.17) is 16.3 Å². The normalized spacial score (nSPS) is 10.6. The number of hydrogen-bond acceptors (Lipinski definition) is 3. The third-order valence-electron chi connectivity index (χ3n) is 3.74. The van der Waals surface area contributed by atoms with Gasteiger partial charge in [0.15, 0.2) is 0 Å². The van der Waals surface area contributed by atoms with Crippen molar-refractivity contribution in [2.24, 2.45) is 0 Å². The predicted octanol–water partition coefficient (Wildman–Crippen LogP) is 3.97. The van der Waals surface area contributed by atoms with Crippen molar-refractivity contribution in [1.29, 1.82) is 0 Å². The molecular weight excluding hydrogens is 336 g/mol. The molecule has 0 atom stereocenters. The minimum Gasteiger partial charge on any atom is -0.494 e. The fourth-order valence-corrected chi connectivity index (χ4v) is 2.55. The fourth-order valence-electron chi connectivity index (χ4n) is 2.44. The number of benzene rings is 2. The molecule has 0 N–H and O–H groups in total. The number of alkyl halides is 1. The SMILES string of the molecule is O=c1ccc(-c2ccc(OCCCCl)cc2)nn1Cc1ccccc1. The Morgan fingerprint density at radius 2 is 1.72 bits per heavy atom. The zero-order chi connectivity index (χ0) is 17.5. The summed E-state index contributed by atoms with van der Waals surface area (Å²) in [6.45, 7) is 1.05. The van der Waals surface area contributed by atoms with Crippen LogP contribution in [0.25, 0.3) is 11.3 Å². The van der Waals surface area contributed by atoms with Crippen LogP contribution in [0, 0.1) is 0 Å². The Labute approximate surface area is 151 Å². The van der Waals surface area contributed by atoms with E-state index in [0.29, 0.717) is 19.0 Å². The molecule has 0 aliphatic carbocycles. The number of aromatic nitrogens is 2. The van der Waals surface area contributed by atoms with Gasteiger partial charge in [0.2, 0.25) is 0 Å². The van der Waals surface area contributed by atoms with Gasteiger partial charge in [0, 0.05) is 17.5 Å². The van der Waals surface area contributed by atoms with Crippen LogP contribution in [0.3, 0.4) is 0 Å². The average molecular weight is 355 g/mol. The second-order valence-corrected chi connectivity index (χ2v) is 5.99. The molecule has 0 unspecified atom stereocenters. The van der Waals surface area contributed by atoms with Crippen molar-refractivity contribution in [2.45, 2.75) is 13.0 Å². The third kappa shape index (κ3) is 4.70. The highest BCUT2D eigenvalue weighted by molar-refractivity contribution is 6.17. The first kappa shape index (κ1) is 17.2. The number of halogens is 1. The van der Waals surface area contributed by atoms with E-state index < -0.39 is 0 Å². The van der Waals surface area contributed by atoms with Crippen LogP contribution < -0.4 is 10.3 Å². The van der Waals surface area contributed by atoms with E-state index in [9.17, 15) is 4.79 Å². The molecule has 0 fully saturated rings. The van der Waals surface area contributed by atoms with Crippen LogP contribution in [-0.2, 0) is 6.54 Å². The van der Waals surface area contributed by atoms with Crippen molar-refractivity contribution in [3.63, 3.8) is 0 Å². The minimum absolute atomic E-state index is 0.117. The zero-order valence-corrected chi connectivity index (χ0v) is 14.5. The van der Waals surface area contributed by atoms with Crippen LogP contribution in [0.2, 0.25) is 0 Å². The van der Waals surface area contributed by atoms with Gasteiger partial charge in [-0.15, -0.1) is 11.6 Å². The van der Waals surface area contributed by atoms with Gasteiger partial charge in [-0.25, -0.2) is 4.68 Å². The molecule has 0 aliphatic rings. The maximum absolute atomic E-state index is 12.1. The average Bonchev–Trinajstić information content (AvgIpc) is 2.65. The van der Waals surface area contributed by atoms with Crippen LogP contribution in [0.5, 0.6) is 5.75 Å². The summed E-state index contributed by atoms with van der Waals surface area (Å²) in [6.07, 6.45) is 0.815. The topological polar surface area (TPSA) is 44.1 Å². The van der Waals surface area contributed by atoms with E-state index in [1.807, 2.05) is 54.6 Å². The maximum atomic E-state index is 12.1. The van der Waals surface area contributed by atoms with Crippen molar-refractivity contribution >= 4 is 11.6 Å². The van der Waals surface area contributed by atoms with Gasteiger partial charge >= 0.3 is 0 Å². The Bertz CT molecular complexity index is 861. The van der Waals surface area contributed by atoms with E-state index >= 15 is 0 Å². The monoisotopic (exact) mass is 354 g/mol. The molecule has 25 heavy (non-hydrogen) atoms. The predicted molar refractivity (Wildman–Crippen MR) is 100 cm³/mol. The highest BCUT2D eigenvalue weighted by atomic mass is 35.5. The standard InChI is InChI=1S/C20H19ClN2O2/c21-13-4-14-25-18-9-7-17(8-10-18)19-11-12-20(24)23(22-19)15-16-5-2-1-3-6-16/h1-3,5-12H,4,13-15H2. The largest absolute Gasteiger partial charge is 0.494 e. The van der Waals surface area contributed by atoms with Crippen molar-refractivity contribution in [2.75, 3.05) is 12.5 Å². The van der Waals surface area contributed by atoms with Gasteiger partial charge in [0.05, 0.1) is 18.8 Å². The van der Waals surface area contributed by atoms with Crippen LogP contribution >= 0.6 is 11.6 Å². The Hall–Kier alpha value is -2.59. The van der Waals surface area contributed by atoms with Crippen LogP contribution in [0.4, 0.5) is 0 Å². The summed E-state index contributed by atoms with van der Waals surface area (Å²) in [5, 5.41) is 4.49. The van der Waals surface area contributed by atoms with Crippen LogP contribution in [0.1, 0.15) is 12.0 Å². The minimum atomic E-state index is -0.117. The van der Waals surface area contributed by atoms with E-state index in [1.165, 1.54) is 4.68 Å². The lowest BCUT2D eigenvalue weighted by Gasteiger charge is -2.09. The highest BCUT2D eigenvalue weighted by Crippen LogP contribution is 2.20. The van der Waals surface area contributed by atoms with Gasteiger partial charge < -0.3 is 4.74 Å². The van der Waals surface area contributed by atoms with Gasteiger partial charge in [-0.2, -0.15) is 5.10 Å². The first-order valence-corrected chi connectivity index (χ1v) is 8.71. The van der Waals surface area contributed by atoms with Gasteiger partial charge in [0.25, 0.3) is 5.56 Å². The van der Waals surface area contributed by atoms with Crippen molar-refractivity contribution in [3.8, 4) is 17.0 Å². The van der Waals surface area contributed by atoms with Gasteiger partial charge in [-0.05, 0) is 42.3 Å². The maximum Gasteiger partial charge on any atom is 0.267 e. The summed E-state index contributed by atoms with van der Waals surface area (Å²) >= 11 is 5.64. The molecule has 3 rings (SSSR count). The Morgan fingerprint density at radius 1 is 0.960 bits per heavy atom. The summed E-state index contributed by atoms with van der Waals surface area (Å²) < 4.78 is 7.08. The lowest BCUT2D eigenvalue weighted by atomic mass is 10.1. The molecular formula is C20H19ClN2O2. The molecule has 0 aliphatic heterocycles. The van der Waals surface area contributed by atoms with Crippen molar-refractivity contribution in [3.05, 3.63) is 82.6 Å². The smallest absolute Gasteiger partial charge is 0.267 e. The Balaban J connectivity index is 1.78. The number of nitrogens with zero attached hydrogens (tertiary/aromatic N) is 2. The molecule has 0 radical (unpaired) electrons. The lowest BCUT2D eigenvalue weighted by molar-refractivity contribution is 0.318. The zero-order valence-electron chi connectivity index (χ0n) is 13.8. The molecule has 0 amide bonds. The number of rotatable bonds is 7. The molecule has 1 aromatic heterocycles. The summed E-state index contributed by atoms with van der Waals surface area (Å²) in [5.41, 5.74) is 2.61. The quantitative estimate of drug-likeness (QED) is 0.476. The second kappa shape index (κ2) is 8.49. The molecule has 0 saturated heterocycles. The second-order valence-electron chi connectivity index (χ2n) is 5.62. The van der Waals surface area contributed by atoms with Crippen LogP contribution in [-0.4, -0.2) is 22.3 Å². The highest BCUT2D eigenvalue weighted by Gasteiger charge is 2.05. The lowest BCUT2D eigenvalue weighted by Crippen LogP contribution is -2.22. The molecule has 3 aromatic rings. The van der Waals surface area contributed by atoms with Gasteiger partial charge in [-0.1, -0.05) is 30.3 Å². The molecule has 2 aromatic carbocycles. The molecule has 5 heteroatoms. The molecule has 128 valence electrons. The summed E-state index contributed by atoms with van der Waals surface area (Å²) in [4.78, 5) is 12.1. The molecule has 0 saturated carbocycles. The number of ether oxygens (including phenoxy) is 1. The van der Waals surface area contributed by atoms with E-state index in [1.54, 1.807) is 12.1 Å². The first-order chi connectivity index (χ1) is 12.3. The summed E-state index contributed by atoms with van der Waals surface area (Å²) in [5.74, 6) is 1.39. The molecule has 4 nitrogen and oxygen atoms in total. The third-order valence-corrected chi connectivity index (χ3v) is 4.01. The molecule has 0 bridgehead atoms. The Kier molecular flexibility index (Phi) is 5.86. The summed E-state index contributed by atoms with van der Waals surface area (Å²) in [6, 6.07) is 20.8. The van der Waals surface area contributed by atoms with E-state index in [0.717, 1.165) is 29.0 Å². The van der Waals surface area contributed by atoms with Gasteiger partial charge in [0.1, 0.15) is 5.75 Å². The van der Waals surface area contributed by atoms with Crippen molar-refractivity contribution < 1.29 is 4.74 Å². The van der Waals surface area contributed by atoms with E-state index in [-0.39, 0.29) is 5.56 Å². The number of hydrogen-bond donors (Lipinski definition) is 0. The summed E-state index contributed by atoms with van der Waals surface area (Å²) in [7, 11) is 0. The first-order valence-electron chi connectivity index (χ1n) is 8.17. The Morgan fingerprint density at radius 3 is 2.44 bits per heavy atom. The molecule has 1 heterocycles. The van der Waals surface area contributed by atoms with Gasteiger partial charge in [-0.3, -0.25) is 4.79 Å². The van der Waals surface area contributed by atoms with Crippen molar-refractivity contribution in [1.82, 2.24) is 9.78 Å². The fraction of sp³-hybridized carbons (Fsp3) is 0.200. The molecule has 0 spiro atoms. The van der Waals surface area contributed by atoms with Crippen LogP contribution in [0.15, 0.2) is 71.5 Å².